The monoisotopic (exact) mass is 1390 g/mol. The van der Waals surface area contributed by atoms with Crippen molar-refractivity contribution >= 4 is 39.5 Å². The molecule has 3 N–H and O–H groups in total. The molecule has 0 heterocycles. The number of aliphatic hydroxyl groups is 1. The van der Waals surface area contributed by atoms with Crippen LogP contribution in [0.3, 0.4) is 0 Å². The molecule has 0 aliphatic rings. The van der Waals surface area contributed by atoms with E-state index in [1.807, 2.05) is 0 Å². The first kappa shape index (κ1) is 92.5. The summed E-state index contributed by atoms with van der Waals surface area (Å²) in [4.78, 5) is 72.7. The molecule has 0 radical (unpaired) electrons. The van der Waals surface area contributed by atoms with E-state index in [-0.39, 0.29) is 25.7 Å². The Kier molecular flexibility index (Phi) is 68.2. The molecule has 0 fully saturated rings. The number of rotatable bonds is 75. The van der Waals surface area contributed by atoms with Gasteiger partial charge < -0.3 is 33.8 Å². The maximum absolute atomic E-state index is 13.1. The fraction of sp³-hybridized carbons (Fsp3) is 0.895. The number of phosphoric ester groups is 2. The number of allylic oxidation sites excluding steroid dienone is 4. The van der Waals surface area contributed by atoms with E-state index in [1.54, 1.807) is 0 Å². The van der Waals surface area contributed by atoms with E-state index < -0.39 is 97.5 Å². The van der Waals surface area contributed by atoms with Gasteiger partial charge in [0.05, 0.1) is 26.4 Å². The lowest BCUT2D eigenvalue weighted by Gasteiger charge is -2.21. The van der Waals surface area contributed by atoms with Crippen LogP contribution in [-0.4, -0.2) is 96.7 Å². The van der Waals surface area contributed by atoms with Gasteiger partial charge in [-0.1, -0.05) is 328 Å². The van der Waals surface area contributed by atoms with Gasteiger partial charge in [0, 0.05) is 25.7 Å². The van der Waals surface area contributed by atoms with E-state index in [4.69, 9.17) is 37.0 Å². The lowest BCUT2D eigenvalue weighted by Crippen LogP contribution is -2.30. The number of carbonyl (C=O) groups excluding carboxylic acids is 4. The Morgan fingerprint density at radius 2 is 0.505 bits per heavy atom. The highest BCUT2D eigenvalue weighted by Crippen LogP contribution is 2.45. The van der Waals surface area contributed by atoms with Crippen molar-refractivity contribution in [3.8, 4) is 0 Å². The average Bonchev–Trinajstić information content (AvgIpc) is 2.60. The smallest absolute Gasteiger partial charge is 0.462 e. The number of aliphatic hydroxyl groups excluding tert-OH is 1. The minimum absolute atomic E-state index is 0.102. The van der Waals surface area contributed by atoms with Crippen LogP contribution in [0.15, 0.2) is 24.3 Å². The standard InChI is InChI=1S/C76H144O17P2/c1-5-9-13-17-21-25-28-31-34-35-37-40-43-47-51-55-59-63-76(81)93-72(67-87-74(79)61-57-53-49-45-41-39-36-32-29-26-22-18-14-10-6-2)69-91-95(84,85)89-65-70(77)64-88-94(82,83)90-68-71(66-86-73(78)60-56-52-48-44-24-20-16-12-8-4)92-75(80)62-58-54-50-46-42-38-33-30-27-23-19-15-11-7-3/h26,29,32,36,70-72,77H,5-25,27-28,30-31,33-35,37-69H2,1-4H3,(H,82,83)(H,84,85)/b29-26-,36-32-/t70-,71+,72+/m0/s1. The first-order valence-corrected chi connectivity index (χ1v) is 42.1. The Labute approximate surface area is 580 Å². The molecule has 0 amide bonds. The van der Waals surface area contributed by atoms with Gasteiger partial charge in [0.25, 0.3) is 0 Å². The molecule has 2 unspecified atom stereocenters. The second kappa shape index (κ2) is 70.0. The van der Waals surface area contributed by atoms with E-state index in [1.165, 1.54) is 193 Å². The van der Waals surface area contributed by atoms with Crippen molar-refractivity contribution in [3.05, 3.63) is 24.3 Å². The Bertz CT molecular complexity index is 1900. The molecule has 0 aromatic heterocycles. The van der Waals surface area contributed by atoms with Gasteiger partial charge in [-0.3, -0.25) is 37.3 Å². The van der Waals surface area contributed by atoms with Gasteiger partial charge in [-0.05, 0) is 51.4 Å². The Balaban J connectivity index is 5.26. The highest BCUT2D eigenvalue weighted by molar-refractivity contribution is 7.47. The number of ether oxygens (including phenoxy) is 4. The van der Waals surface area contributed by atoms with Crippen molar-refractivity contribution in [2.75, 3.05) is 39.6 Å². The number of hydrogen-bond acceptors (Lipinski definition) is 15. The summed E-state index contributed by atoms with van der Waals surface area (Å²) in [5, 5.41) is 10.6. The zero-order chi connectivity index (χ0) is 69.7. The molecule has 0 saturated heterocycles. The van der Waals surface area contributed by atoms with Gasteiger partial charge in [-0.15, -0.1) is 0 Å². The molecule has 17 nitrogen and oxygen atoms in total. The fourth-order valence-electron chi connectivity index (χ4n) is 11.2. The highest BCUT2D eigenvalue weighted by atomic mass is 31.2. The zero-order valence-electron chi connectivity index (χ0n) is 61.1. The van der Waals surface area contributed by atoms with Gasteiger partial charge in [0.15, 0.2) is 12.2 Å². The minimum Gasteiger partial charge on any atom is -0.462 e. The molecule has 0 aliphatic heterocycles. The van der Waals surface area contributed by atoms with Crippen molar-refractivity contribution in [1.29, 1.82) is 0 Å². The molecular weight excluding hydrogens is 1250 g/mol. The van der Waals surface area contributed by atoms with Crippen LogP contribution in [0.2, 0.25) is 0 Å². The molecule has 0 aliphatic carbocycles. The quantitative estimate of drug-likeness (QED) is 0.0169. The predicted octanol–water partition coefficient (Wildman–Crippen LogP) is 22.2. The first-order chi connectivity index (χ1) is 46.2. The lowest BCUT2D eigenvalue weighted by atomic mass is 10.0. The van der Waals surface area contributed by atoms with Gasteiger partial charge in [0.1, 0.15) is 19.3 Å². The Hall–Kier alpha value is -2.46. The third-order valence-corrected chi connectivity index (χ3v) is 19.1. The SMILES string of the molecule is CCCCCC/C=C\C=C/CCCCCCCC(=O)OC[C@H](COP(=O)(O)OC[C@@H](O)COP(=O)(O)OC[C@@H](COC(=O)CCCCCCCCCCC)OC(=O)CCCCCCCCCCCCCCCC)OC(=O)CCCCCCCCCCCCCCCCCCC. The third-order valence-electron chi connectivity index (χ3n) is 17.2. The van der Waals surface area contributed by atoms with Crippen molar-refractivity contribution in [2.24, 2.45) is 0 Å². The summed E-state index contributed by atoms with van der Waals surface area (Å²) in [6.45, 7) is 4.91. The maximum Gasteiger partial charge on any atom is 0.472 e. The summed E-state index contributed by atoms with van der Waals surface area (Å²) in [5.41, 5.74) is 0. The van der Waals surface area contributed by atoms with Crippen LogP contribution in [0.5, 0.6) is 0 Å². The van der Waals surface area contributed by atoms with E-state index in [0.29, 0.717) is 25.7 Å². The number of esters is 4. The van der Waals surface area contributed by atoms with E-state index in [0.717, 1.165) is 109 Å². The molecule has 0 aromatic carbocycles. The van der Waals surface area contributed by atoms with Crippen LogP contribution < -0.4 is 0 Å². The van der Waals surface area contributed by atoms with Gasteiger partial charge in [0.2, 0.25) is 0 Å². The van der Waals surface area contributed by atoms with Crippen LogP contribution >= 0.6 is 15.6 Å². The van der Waals surface area contributed by atoms with E-state index in [9.17, 15) is 43.2 Å². The van der Waals surface area contributed by atoms with Crippen LogP contribution in [0.25, 0.3) is 0 Å². The van der Waals surface area contributed by atoms with Crippen molar-refractivity contribution in [3.63, 3.8) is 0 Å². The van der Waals surface area contributed by atoms with Gasteiger partial charge in [-0.2, -0.15) is 0 Å². The topological polar surface area (TPSA) is 237 Å². The highest BCUT2D eigenvalue weighted by Gasteiger charge is 2.30. The largest absolute Gasteiger partial charge is 0.472 e. The fourth-order valence-corrected chi connectivity index (χ4v) is 12.8. The first-order valence-electron chi connectivity index (χ1n) is 39.1. The summed E-state index contributed by atoms with van der Waals surface area (Å²) in [7, 11) is -9.92. The third kappa shape index (κ3) is 69.8. The average molecular weight is 1390 g/mol. The summed E-state index contributed by atoms with van der Waals surface area (Å²) < 4.78 is 68.5. The number of phosphoric acid groups is 2. The molecule has 0 bridgehead atoms. The molecule has 95 heavy (non-hydrogen) atoms. The maximum atomic E-state index is 13.1. The number of carbonyl (C=O) groups is 4. The number of hydrogen-bond donors (Lipinski definition) is 3. The van der Waals surface area contributed by atoms with Crippen LogP contribution in [0, 0.1) is 0 Å². The summed E-state index contributed by atoms with van der Waals surface area (Å²) >= 11 is 0. The van der Waals surface area contributed by atoms with Gasteiger partial charge in [-0.25, -0.2) is 9.13 Å². The van der Waals surface area contributed by atoms with Crippen molar-refractivity contribution in [1.82, 2.24) is 0 Å². The summed E-state index contributed by atoms with van der Waals surface area (Å²) in [6, 6.07) is 0. The molecule has 0 spiro atoms. The van der Waals surface area contributed by atoms with Gasteiger partial charge >= 0.3 is 39.5 Å². The van der Waals surface area contributed by atoms with Crippen LogP contribution in [0.4, 0.5) is 0 Å². The minimum atomic E-state index is -4.96. The molecule has 0 saturated carbocycles. The zero-order valence-corrected chi connectivity index (χ0v) is 62.9. The summed E-state index contributed by atoms with van der Waals surface area (Å²) in [6.07, 6.45) is 63.1. The second-order valence-electron chi connectivity index (χ2n) is 26.7. The molecule has 560 valence electrons. The molecule has 5 atom stereocenters. The van der Waals surface area contributed by atoms with E-state index >= 15 is 0 Å². The molecule has 0 aromatic rings. The summed E-state index contributed by atoms with van der Waals surface area (Å²) in [5.74, 6) is -2.14. The predicted molar refractivity (Wildman–Crippen MR) is 386 cm³/mol. The molecular formula is C76H144O17P2. The van der Waals surface area contributed by atoms with E-state index in [2.05, 4.69) is 52.0 Å². The van der Waals surface area contributed by atoms with Crippen LogP contribution in [0.1, 0.15) is 381 Å². The molecule has 19 heteroatoms. The second-order valence-corrected chi connectivity index (χ2v) is 29.6. The molecule has 0 rings (SSSR count). The Morgan fingerprint density at radius 1 is 0.295 bits per heavy atom. The Morgan fingerprint density at radius 3 is 0.768 bits per heavy atom. The van der Waals surface area contributed by atoms with Crippen molar-refractivity contribution in [2.45, 2.75) is 399 Å². The van der Waals surface area contributed by atoms with Crippen molar-refractivity contribution < 1.29 is 80.2 Å². The lowest BCUT2D eigenvalue weighted by molar-refractivity contribution is -0.161. The van der Waals surface area contributed by atoms with Crippen LogP contribution in [-0.2, 0) is 65.4 Å². The number of unbranched alkanes of at least 4 members (excludes halogenated alkanes) is 46. The normalized spacial score (nSPS) is 14.1.